The number of fused-ring (bicyclic) bond motifs is 7. The Morgan fingerprint density at radius 3 is 2.62 bits per heavy atom. The highest BCUT2D eigenvalue weighted by atomic mass is 16.7. The van der Waals surface area contributed by atoms with Gasteiger partial charge in [0.2, 0.25) is 12.7 Å². The number of para-hydroxylation sites is 2. The maximum Gasteiger partial charge on any atom is 0.238 e. The van der Waals surface area contributed by atoms with Crippen LogP contribution in [0.5, 0.6) is 17.2 Å². The van der Waals surface area contributed by atoms with E-state index in [0.29, 0.717) is 39.6 Å². The number of nitrogens with one attached hydrogen (secondary N) is 1. The van der Waals surface area contributed by atoms with Gasteiger partial charge in [0.25, 0.3) is 0 Å². The van der Waals surface area contributed by atoms with Crippen molar-refractivity contribution in [3.8, 4) is 17.2 Å². The van der Waals surface area contributed by atoms with Crippen molar-refractivity contribution < 1.29 is 28.6 Å². The minimum atomic E-state index is -1.45. The number of hydrogen-bond donors (Lipinski definition) is 1. The summed E-state index contributed by atoms with van der Waals surface area (Å²) in [5, 5.41) is 3.08. The molecule has 4 aromatic carbocycles. The molecule has 0 saturated carbocycles. The van der Waals surface area contributed by atoms with Crippen LogP contribution < -0.4 is 19.5 Å². The van der Waals surface area contributed by atoms with Crippen molar-refractivity contribution in [2.45, 2.75) is 17.5 Å². The van der Waals surface area contributed by atoms with Crippen molar-refractivity contribution in [1.82, 2.24) is 4.90 Å². The van der Waals surface area contributed by atoms with Crippen LogP contribution in [0.15, 0.2) is 110 Å². The summed E-state index contributed by atoms with van der Waals surface area (Å²) >= 11 is 0. The third-order valence-corrected chi connectivity index (χ3v) is 9.29. The Labute approximate surface area is 259 Å². The lowest BCUT2D eigenvalue weighted by Gasteiger charge is -2.38. The van der Waals surface area contributed by atoms with E-state index < -0.39 is 23.4 Å². The second-order valence-electron chi connectivity index (χ2n) is 11.5. The van der Waals surface area contributed by atoms with E-state index in [9.17, 15) is 9.59 Å². The van der Waals surface area contributed by atoms with Crippen LogP contribution in [0.3, 0.4) is 0 Å². The highest BCUT2D eigenvalue weighted by molar-refractivity contribution is 6.17. The third kappa shape index (κ3) is 3.81. The molecule has 1 saturated heterocycles. The van der Waals surface area contributed by atoms with E-state index in [-0.39, 0.29) is 30.9 Å². The van der Waals surface area contributed by atoms with Gasteiger partial charge in [0, 0.05) is 17.5 Å². The largest absolute Gasteiger partial charge is 0.489 e. The first-order valence-electron chi connectivity index (χ1n) is 14.8. The molecule has 1 fully saturated rings. The predicted molar refractivity (Wildman–Crippen MR) is 167 cm³/mol. The normalized spacial score (nSPS) is 23.2. The van der Waals surface area contributed by atoms with Crippen molar-refractivity contribution in [3.05, 3.63) is 138 Å². The number of amides is 1. The fraction of sp³-hybridized carbons (Fsp3) is 0.162. The smallest absolute Gasteiger partial charge is 0.238 e. The maximum atomic E-state index is 15.2. The zero-order valence-electron chi connectivity index (χ0n) is 24.1. The number of Topliss-reactive ketones (excluding diaryl/α,β-unsaturated/α-hetero) is 2. The molecule has 4 aliphatic heterocycles. The lowest BCUT2D eigenvalue weighted by Crippen LogP contribution is -2.49. The molecule has 45 heavy (non-hydrogen) atoms. The topological polar surface area (TPSA) is 94.2 Å². The summed E-state index contributed by atoms with van der Waals surface area (Å²) in [4.78, 5) is 46.7. The Kier molecular flexibility index (Phi) is 6.13. The lowest BCUT2D eigenvalue weighted by molar-refractivity contribution is -0.122. The van der Waals surface area contributed by atoms with Gasteiger partial charge in [-0.3, -0.25) is 14.4 Å². The molecule has 4 heterocycles. The first-order valence-corrected chi connectivity index (χ1v) is 14.8. The van der Waals surface area contributed by atoms with E-state index in [1.807, 2.05) is 65.7 Å². The van der Waals surface area contributed by atoms with E-state index in [1.54, 1.807) is 48.5 Å². The number of rotatable bonds is 7. The Morgan fingerprint density at radius 2 is 1.73 bits per heavy atom. The number of ether oxygens (including phenoxy) is 3. The zero-order valence-corrected chi connectivity index (χ0v) is 24.1. The van der Waals surface area contributed by atoms with E-state index in [1.165, 1.54) is 0 Å². The van der Waals surface area contributed by atoms with E-state index >= 15 is 4.79 Å². The van der Waals surface area contributed by atoms with Gasteiger partial charge in [-0.05, 0) is 59.2 Å². The predicted octanol–water partition coefficient (Wildman–Crippen LogP) is 5.96. The number of hydrogen-bond acceptors (Lipinski definition) is 7. The monoisotopic (exact) mass is 596 g/mol. The van der Waals surface area contributed by atoms with Crippen LogP contribution >= 0.6 is 0 Å². The molecule has 1 amide bonds. The SMILES string of the molecule is C=CCOc1ccccc1C(=O)C1C(C(=O)c2ccc3c(c2)OCO3)N2C=Cc3ccccc3C2C12C(=O)Nc1ccccc12. The first kappa shape index (κ1) is 27.0. The van der Waals surface area contributed by atoms with Gasteiger partial charge in [-0.15, -0.1) is 0 Å². The van der Waals surface area contributed by atoms with Gasteiger partial charge in [-0.25, -0.2) is 0 Å². The summed E-state index contributed by atoms with van der Waals surface area (Å²) in [5.74, 6) is -0.760. The number of carbonyl (C=O) groups is 3. The highest BCUT2D eigenvalue weighted by Gasteiger charge is 2.71. The maximum absolute atomic E-state index is 15.2. The Hall–Kier alpha value is -5.63. The van der Waals surface area contributed by atoms with Crippen LogP contribution in [0, 0.1) is 5.92 Å². The Balaban J connectivity index is 1.40. The standard InChI is InChI=1S/C37H28N2O6/c1-2-19-43-28-14-8-5-11-25(28)34(41)31-32(33(40)23-15-16-29-30(20-23)45-21-44-29)39-18-17-22-9-3-4-10-24(22)35(39)37(31)26-12-6-7-13-27(26)38-36(37)42/h2-18,20,31-32,35H,1,19,21H2,(H,38,42). The molecule has 4 unspecified atom stereocenters. The van der Waals surface area contributed by atoms with Gasteiger partial charge in [0.05, 0.1) is 17.5 Å². The average Bonchev–Trinajstić information content (AvgIpc) is 3.76. The van der Waals surface area contributed by atoms with Gasteiger partial charge in [0.1, 0.15) is 23.8 Å². The van der Waals surface area contributed by atoms with Crippen LogP contribution in [0.2, 0.25) is 0 Å². The summed E-state index contributed by atoms with van der Waals surface area (Å²) in [5.41, 5.74) is 2.29. The van der Waals surface area contributed by atoms with Crippen LogP contribution in [-0.2, 0) is 10.2 Å². The summed E-state index contributed by atoms with van der Waals surface area (Å²) in [6.45, 7) is 3.99. The second kappa shape index (κ2) is 10.2. The summed E-state index contributed by atoms with van der Waals surface area (Å²) < 4.78 is 17.0. The molecule has 222 valence electrons. The van der Waals surface area contributed by atoms with Gasteiger partial charge in [-0.2, -0.15) is 0 Å². The molecular formula is C37H28N2O6. The van der Waals surface area contributed by atoms with E-state index in [4.69, 9.17) is 14.2 Å². The molecule has 1 N–H and O–H groups in total. The summed E-state index contributed by atoms with van der Waals surface area (Å²) in [6.07, 6.45) is 5.39. The molecule has 4 aromatic rings. The molecule has 0 radical (unpaired) electrons. The quantitative estimate of drug-likeness (QED) is 0.208. The molecule has 0 aliphatic carbocycles. The van der Waals surface area contributed by atoms with Crippen molar-refractivity contribution in [2.24, 2.45) is 5.92 Å². The summed E-state index contributed by atoms with van der Waals surface area (Å²) in [6, 6.07) is 25.6. The van der Waals surface area contributed by atoms with Crippen LogP contribution in [0.1, 0.15) is 43.4 Å². The molecule has 0 aromatic heterocycles. The Bertz CT molecular complexity index is 1950. The van der Waals surface area contributed by atoms with Crippen LogP contribution in [0.4, 0.5) is 5.69 Å². The average molecular weight is 597 g/mol. The molecule has 8 nitrogen and oxygen atoms in total. The fourth-order valence-electron chi connectivity index (χ4n) is 7.50. The molecule has 1 spiro atoms. The van der Waals surface area contributed by atoms with Crippen molar-refractivity contribution in [2.75, 3.05) is 18.7 Å². The van der Waals surface area contributed by atoms with Crippen LogP contribution in [-0.4, -0.2) is 41.8 Å². The molecule has 4 aliphatic rings. The third-order valence-electron chi connectivity index (χ3n) is 9.29. The lowest BCUT2D eigenvalue weighted by atomic mass is 9.62. The molecule has 8 heteroatoms. The van der Waals surface area contributed by atoms with Crippen molar-refractivity contribution in [1.29, 1.82) is 0 Å². The zero-order chi connectivity index (χ0) is 30.7. The number of anilines is 1. The Morgan fingerprint density at radius 1 is 0.956 bits per heavy atom. The van der Waals surface area contributed by atoms with Gasteiger partial charge >= 0.3 is 0 Å². The minimum absolute atomic E-state index is 0.0623. The van der Waals surface area contributed by atoms with Gasteiger partial charge < -0.3 is 24.4 Å². The minimum Gasteiger partial charge on any atom is -0.489 e. The highest BCUT2D eigenvalue weighted by Crippen LogP contribution is 2.62. The number of ketones is 2. The fourth-order valence-corrected chi connectivity index (χ4v) is 7.50. The first-order chi connectivity index (χ1) is 22.0. The van der Waals surface area contributed by atoms with Crippen LogP contribution in [0.25, 0.3) is 6.08 Å². The molecule has 4 atom stereocenters. The second-order valence-corrected chi connectivity index (χ2v) is 11.5. The van der Waals surface area contributed by atoms with E-state index in [0.717, 1.165) is 11.1 Å². The van der Waals surface area contributed by atoms with Crippen molar-refractivity contribution >= 4 is 29.2 Å². The van der Waals surface area contributed by atoms with Gasteiger partial charge in [0.15, 0.2) is 23.1 Å². The summed E-state index contributed by atoms with van der Waals surface area (Å²) in [7, 11) is 0. The molecule has 8 rings (SSSR count). The number of benzene rings is 4. The number of nitrogens with zero attached hydrogens (tertiary/aromatic N) is 1. The number of carbonyl (C=O) groups excluding carboxylic acids is 3. The van der Waals surface area contributed by atoms with E-state index in [2.05, 4.69) is 11.9 Å². The van der Waals surface area contributed by atoms with Gasteiger partial charge in [-0.1, -0.05) is 67.3 Å². The molecular weight excluding hydrogens is 568 g/mol. The van der Waals surface area contributed by atoms with Crippen molar-refractivity contribution in [3.63, 3.8) is 0 Å². The molecule has 0 bridgehead atoms.